The van der Waals surface area contributed by atoms with E-state index in [0.717, 1.165) is 41.8 Å². The molecule has 0 saturated heterocycles. The SMILES string of the molecule is CC(C)(F)F.CNCc1cccc(N/C(=C\C(=N)F)C(=O)NCc2cccc3ccccc23)c1.NCC=O. The third-order valence-corrected chi connectivity index (χ3v) is 4.52. The van der Waals surface area contributed by atoms with Crippen molar-refractivity contribution >= 4 is 34.6 Å². The van der Waals surface area contributed by atoms with E-state index >= 15 is 0 Å². The van der Waals surface area contributed by atoms with Crippen molar-refractivity contribution in [3.8, 4) is 0 Å². The van der Waals surface area contributed by atoms with Crippen LogP contribution in [0.1, 0.15) is 25.0 Å². The van der Waals surface area contributed by atoms with Gasteiger partial charge in [0.2, 0.25) is 11.9 Å². The van der Waals surface area contributed by atoms with Crippen molar-refractivity contribution in [2.45, 2.75) is 32.9 Å². The van der Waals surface area contributed by atoms with Gasteiger partial charge < -0.3 is 26.5 Å². The molecule has 0 aliphatic carbocycles. The van der Waals surface area contributed by atoms with Gasteiger partial charge in [0, 0.05) is 31.4 Å². The van der Waals surface area contributed by atoms with Crippen LogP contribution in [-0.2, 0) is 22.7 Å². The van der Waals surface area contributed by atoms with E-state index in [1.165, 1.54) is 0 Å². The first-order chi connectivity index (χ1) is 18.0. The lowest BCUT2D eigenvalue weighted by Gasteiger charge is -2.13. The lowest BCUT2D eigenvalue weighted by atomic mass is 10.0. The van der Waals surface area contributed by atoms with Gasteiger partial charge in [-0.3, -0.25) is 10.2 Å². The van der Waals surface area contributed by atoms with Gasteiger partial charge in [0.05, 0.1) is 0 Å². The zero-order valence-corrected chi connectivity index (χ0v) is 21.7. The number of hydrogen-bond donors (Lipinski definition) is 5. The van der Waals surface area contributed by atoms with Crippen molar-refractivity contribution in [2.24, 2.45) is 5.73 Å². The molecule has 0 saturated carbocycles. The van der Waals surface area contributed by atoms with Crippen LogP contribution in [0.2, 0.25) is 0 Å². The Hall–Kier alpha value is -4.02. The van der Waals surface area contributed by atoms with E-state index in [9.17, 15) is 18.0 Å². The molecular formula is C28H34F3N5O2. The molecule has 0 heterocycles. The number of rotatable bonds is 9. The molecular weight excluding hydrogens is 495 g/mol. The van der Waals surface area contributed by atoms with Crippen molar-refractivity contribution in [1.29, 1.82) is 5.41 Å². The van der Waals surface area contributed by atoms with Crippen molar-refractivity contribution in [3.63, 3.8) is 0 Å². The summed E-state index contributed by atoms with van der Waals surface area (Å²) >= 11 is 0. The number of hydrogen-bond acceptors (Lipinski definition) is 6. The van der Waals surface area contributed by atoms with Gasteiger partial charge in [-0.1, -0.05) is 54.6 Å². The topological polar surface area (TPSA) is 120 Å². The quantitative estimate of drug-likeness (QED) is 0.153. The molecule has 0 atom stereocenters. The Morgan fingerprint density at radius 1 is 1.03 bits per heavy atom. The number of nitrogens with two attached hydrogens (primary N) is 1. The van der Waals surface area contributed by atoms with Crippen LogP contribution < -0.4 is 21.7 Å². The van der Waals surface area contributed by atoms with Crippen LogP contribution in [0, 0.1) is 5.41 Å². The second-order valence-corrected chi connectivity index (χ2v) is 8.31. The fraction of sp³-hybridized carbons (Fsp3) is 0.250. The van der Waals surface area contributed by atoms with E-state index in [2.05, 4.69) is 21.7 Å². The number of halogens is 3. The molecule has 0 aliphatic heterocycles. The maximum atomic E-state index is 13.3. The van der Waals surface area contributed by atoms with Crippen LogP contribution in [-0.4, -0.2) is 37.7 Å². The van der Waals surface area contributed by atoms with E-state index in [1.54, 1.807) is 6.07 Å². The summed E-state index contributed by atoms with van der Waals surface area (Å²) in [5.41, 5.74) is 7.25. The zero-order chi connectivity index (χ0) is 28.6. The molecule has 0 spiro atoms. The number of carbonyl (C=O) groups is 2. The minimum Gasteiger partial charge on any atom is -0.351 e. The number of allylic oxidation sites excluding steroid dienone is 1. The van der Waals surface area contributed by atoms with Crippen LogP contribution >= 0.6 is 0 Å². The Balaban J connectivity index is 0.000000694. The third-order valence-electron chi connectivity index (χ3n) is 4.52. The van der Waals surface area contributed by atoms with Crippen molar-refractivity contribution in [1.82, 2.24) is 10.6 Å². The van der Waals surface area contributed by atoms with Gasteiger partial charge in [0.15, 0.2) is 0 Å². The maximum Gasteiger partial charge on any atom is 0.268 e. The number of benzene rings is 3. The van der Waals surface area contributed by atoms with E-state index in [-0.39, 0.29) is 12.2 Å². The summed E-state index contributed by atoms with van der Waals surface area (Å²) in [7, 11) is 1.84. The van der Waals surface area contributed by atoms with Crippen LogP contribution in [0.5, 0.6) is 0 Å². The second-order valence-electron chi connectivity index (χ2n) is 8.31. The van der Waals surface area contributed by atoms with Crippen LogP contribution in [0.25, 0.3) is 10.8 Å². The molecule has 38 heavy (non-hydrogen) atoms. The first kappa shape index (κ1) is 32.0. The lowest BCUT2D eigenvalue weighted by Crippen LogP contribution is -2.28. The van der Waals surface area contributed by atoms with E-state index in [0.29, 0.717) is 25.1 Å². The van der Waals surface area contributed by atoms with E-state index < -0.39 is 17.8 Å². The molecule has 3 aromatic rings. The maximum absolute atomic E-state index is 13.3. The average molecular weight is 530 g/mol. The van der Waals surface area contributed by atoms with Gasteiger partial charge in [0.1, 0.15) is 12.0 Å². The van der Waals surface area contributed by atoms with Gasteiger partial charge in [-0.25, -0.2) is 8.78 Å². The molecule has 7 nitrogen and oxygen atoms in total. The molecule has 10 heteroatoms. The van der Waals surface area contributed by atoms with Gasteiger partial charge in [0.25, 0.3) is 5.91 Å². The predicted molar refractivity (Wildman–Crippen MR) is 147 cm³/mol. The number of carbonyl (C=O) groups excluding carboxylic acids is 2. The first-order valence-corrected chi connectivity index (χ1v) is 11.7. The normalized spacial score (nSPS) is 10.9. The Morgan fingerprint density at radius 3 is 2.24 bits per heavy atom. The molecule has 3 aromatic carbocycles. The molecule has 0 fully saturated rings. The van der Waals surface area contributed by atoms with E-state index in [1.807, 2.05) is 67.7 Å². The monoisotopic (exact) mass is 529 g/mol. The standard InChI is InChI=1S/C23H23FN4O.C3H6F2.C2H5NO/c1-26-14-16-6-4-10-19(12-16)28-21(13-22(24)25)23(29)27-15-18-9-5-8-17-7-2-3-11-20(17)18;1-3(2,4)5;3-1-2-4/h2-13,25-26,28H,14-15H2,1H3,(H,27,29);1-2H3;2H,1,3H2/b21-13-,25-22?;;. The summed E-state index contributed by atoms with van der Waals surface area (Å²) in [6.07, 6.45) is 1.53. The predicted octanol–water partition coefficient (Wildman–Crippen LogP) is 4.92. The molecule has 204 valence electrons. The summed E-state index contributed by atoms with van der Waals surface area (Å²) in [4.78, 5) is 21.7. The van der Waals surface area contributed by atoms with E-state index in [4.69, 9.17) is 10.2 Å². The summed E-state index contributed by atoms with van der Waals surface area (Å²) in [6.45, 7) is 2.80. The molecule has 0 aromatic heterocycles. The minimum absolute atomic E-state index is 0.0284. The Morgan fingerprint density at radius 2 is 1.63 bits per heavy atom. The largest absolute Gasteiger partial charge is 0.351 e. The highest BCUT2D eigenvalue weighted by Crippen LogP contribution is 2.19. The summed E-state index contributed by atoms with van der Waals surface area (Å²) in [5.74, 6) is -4.18. The highest BCUT2D eigenvalue weighted by atomic mass is 19.3. The first-order valence-electron chi connectivity index (χ1n) is 11.7. The van der Waals surface area contributed by atoms with Gasteiger partial charge in [-0.05, 0) is 54.9 Å². The van der Waals surface area contributed by atoms with Gasteiger partial charge in [-0.2, -0.15) is 4.39 Å². The molecule has 0 unspecified atom stereocenters. The van der Waals surface area contributed by atoms with Gasteiger partial charge >= 0.3 is 0 Å². The van der Waals surface area contributed by atoms with Crippen molar-refractivity contribution < 1.29 is 22.8 Å². The summed E-state index contributed by atoms with van der Waals surface area (Å²) < 4.78 is 35.3. The Kier molecular flexibility index (Phi) is 14.0. The number of fused-ring (bicyclic) bond motifs is 1. The number of alkyl halides is 2. The summed E-state index contributed by atoms with van der Waals surface area (Å²) in [5, 5.41) is 18.0. The molecule has 3 rings (SSSR count). The Labute approximate surface area is 220 Å². The summed E-state index contributed by atoms with van der Waals surface area (Å²) in [6, 6.07) is 21.2. The number of anilines is 1. The number of aldehydes is 1. The molecule has 0 bridgehead atoms. The highest BCUT2D eigenvalue weighted by molar-refractivity contribution is 6.02. The molecule has 1 amide bonds. The smallest absolute Gasteiger partial charge is 0.268 e. The van der Waals surface area contributed by atoms with Crippen molar-refractivity contribution in [2.75, 3.05) is 18.9 Å². The van der Waals surface area contributed by atoms with Crippen molar-refractivity contribution in [3.05, 3.63) is 89.6 Å². The number of nitrogens with one attached hydrogen (secondary N) is 4. The molecule has 0 aliphatic rings. The third kappa shape index (κ3) is 13.3. The Bertz CT molecular complexity index is 1220. The van der Waals surface area contributed by atoms with Crippen LogP contribution in [0.15, 0.2) is 78.5 Å². The van der Waals surface area contributed by atoms with Crippen LogP contribution in [0.4, 0.5) is 18.9 Å². The highest BCUT2D eigenvalue weighted by Gasteiger charge is 2.12. The molecule has 0 radical (unpaired) electrons. The molecule has 6 N–H and O–H groups in total. The average Bonchev–Trinajstić information content (AvgIpc) is 2.86. The number of amides is 1. The fourth-order valence-electron chi connectivity index (χ4n) is 3.12. The minimum atomic E-state index is -2.50. The van der Waals surface area contributed by atoms with Gasteiger partial charge in [-0.15, -0.1) is 0 Å². The van der Waals surface area contributed by atoms with Crippen LogP contribution in [0.3, 0.4) is 0 Å². The lowest BCUT2D eigenvalue weighted by molar-refractivity contribution is -0.117. The second kappa shape index (κ2) is 16.7. The fourth-order valence-corrected chi connectivity index (χ4v) is 3.12. The zero-order valence-electron chi connectivity index (χ0n) is 21.7.